The smallest absolute Gasteiger partial charge is 0.225 e. The van der Waals surface area contributed by atoms with Gasteiger partial charge in [0.15, 0.2) is 0 Å². The first-order valence-corrected chi connectivity index (χ1v) is 9.20. The zero-order chi connectivity index (χ0) is 16.2. The summed E-state index contributed by atoms with van der Waals surface area (Å²) in [5.41, 5.74) is 3.07. The number of nitrogens with zero attached hydrogens (tertiary/aromatic N) is 1. The van der Waals surface area contributed by atoms with Crippen molar-refractivity contribution in [2.45, 2.75) is 25.0 Å². The largest absolute Gasteiger partial charge is 0.320 e. The Morgan fingerprint density at radius 3 is 2.78 bits per heavy atom. The van der Waals surface area contributed by atoms with Crippen molar-refractivity contribution in [3.8, 4) is 6.07 Å². The number of hydrogen-bond donors (Lipinski definition) is 1. The van der Waals surface area contributed by atoms with Gasteiger partial charge >= 0.3 is 0 Å². The van der Waals surface area contributed by atoms with Gasteiger partial charge in [0, 0.05) is 23.0 Å². The molecule has 3 nitrogen and oxygen atoms in total. The van der Waals surface area contributed by atoms with E-state index in [0.717, 1.165) is 10.6 Å². The highest BCUT2D eigenvalue weighted by molar-refractivity contribution is 8.02. The number of amides is 1. The number of carbonyl (C=O) groups is 1. The van der Waals surface area contributed by atoms with Crippen molar-refractivity contribution >= 4 is 29.0 Å². The van der Waals surface area contributed by atoms with E-state index in [1.165, 1.54) is 22.9 Å². The highest BCUT2D eigenvalue weighted by Gasteiger charge is 2.30. The van der Waals surface area contributed by atoms with Crippen molar-refractivity contribution in [1.82, 2.24) is 5.32 Å². The molecule has 0 saturated carbocycles. The maximum atomic E-state index is 12.0. The van der Waals surface area contributed by atoms with E-state index in [-0.39, 0.29) is 11.8 Å². The van der Waals surface area contributed by atoms with E-state index in [9.17, 15) is 10.1 Å². The Morgan fingerprint density at radius 1 is 1.35 bits per heavy atom. The van der Waals surface area contributed by atoms with Crippen LogP contribution in [-0.2, 0) is 10.5 Å². The molecule has 0 fully saturated rings. The van der Waals surface area contributed by atoms with Crippen LogP contribution in [0.4, 0.5) is 0 Å². The van der Waals surface area contributed by atoms with Crippen molar-refractivity contribution in [2.75, 3.05) is 0 Å². The summed E-state index contributed by atoms with van der Waals surface area (Å²) in [5, 5.41) is 15.1. The monoisotopic (exact) mass is 340 g/mol. The van der Waals surface area contributed by atoms with Gasteiger partial charge in [-0.15, -0.1) is 23.1 Å². The Kier molecular flexibility index (Phi) is 4.85. The van der Waals surface area contributed by atoms with Crippen LogP contribution < -0.4 is 5.32 Å². The van der Waals surface area contributed by atoms with Crippen molar-refractivity contribution in [1.29, 1.82) is 5.26 Å². The fourth-order valence-electron chi connectivity index (χ4n) is 2.51. The maximum Gasteiger partial charge on any atom is 0.225 e. The Bertz CT molecular complexity index is 770. The third-order valence-corrected chi connectivity index (χ3v) is 5.82. The fourth-order valence-corrected chi connectivity index (χ4v) is 4.38. The van der Waals surface area contributed by atoms with E-state index >= 15 is 0 Å². The molecule has 1 amide bonds. The average Bonchev–Trinajstić information content (AvgIpc) is 3.08. The molecule has 0 unspecified atom stereocenters. The van der Waals surface area contributed by atoms with Crippen LogP contribution in [0.2, 0.25) is 0 Å². The summed E-state index contributed by atoms with van der Waals surface area (Å²) in [6.45, 7) is 2.06. The molecule has 116 valence electrons. The average molecular weight is 340 g/mol. The predicted octanol–water partition coefficient (Wildman–Crippen LogP) is 4.33. The topological polar surface area (TPSA) is 52.9 Å². The molecule has 1 N–H and O–H groups in total. The fraction of sp³-hybridized carbons (Fsp3) is 0.222. The first-order chi connectivity index (χ1) is 11.2. The first-order valence-electron chi connectivity index (χ1n) is 7.33. The summed E-state index contributed by atoms with van der Waals surface area (Å²) in [6, 6.07) is 14.6. The van der Waals surface area contributed by atoms with E-state index in [1.54, 1.807) is 11.3 Å². The number of hydrogen-bond acceptors (Lipinski definition) is 4. The van der Waals surface area contributed by atoms with Gasteiger partial charge in [-0.2, -0.15) is 5.26 Å². The summed E-state index contributed by atoms with van der Waals surface area (Å²) >= 11 is 3.12. The predicted molar refractivity (Wildman–Crippen MR) is 94.9 cm³/mol. The lowest BCUT2D eigenvalue weighted by Gasteiger charge is -2.24. The van der Waals surface area contributed by atoms with Crippen molar-refractivity contribution < 1.29 is 4.79 Å². The number of benzene rings is 1. The molecule has 1 aliphatic heterocycles. The Morgan fingerprint density at radius 2 is 2.13 bits per heavy atom. The first kappa shape index (κ1) is 15.9. The summed E-state index contributed by atoms with van der Waals surface area (Å²) in [7, 11) is 0. The number of carbonyl (C=O) groups excluding carboxylic acids is 1. The molecule has 1 aromatic heterocycles. The van der Waals surface area contributed by atoms with Crippen LogP contribution in [-0.4, -0.2) is 5.91 Å². The summed E-state index contributed by atoms with van der Waals surface area (Å²) in [5.74, 6) is 0.598. The molecule has 2 heterocycles. The molecular formula is C18H16N2OS2. The van der Waals surface area contributed by atoms with Crippen LogP contribution in [0.5, 0.6) is 0 Å². The Labute approximate surface area is 144 Å². The second-order valence-corrected chi connectivity index (χ2v) is 7.41. The van der Waals surface area contributed by atoms with E-state index in [1.807, 2.05) is 17.5 Å². The number of aryl methyl sites for hydroxylation is 1. The molecule has 1 aromatic carbocycles. The van der Waals surface area contributed by atoms with Gasteiger partial charge in [0.05, 0.1) is 16.7 Å². The van der Waals surface area contributed by atoms with E-state index in [2.05, 4.69) is 42.6 Å². The van der Waals surface area contributed by atoms with Crippen LogP contribution >= 0.6 is 23.1 Å². The maximum absolute atomic E-state index is 12.0. The van der Waals surface area contributed by atoms with Gasteiger partial charge in [0.2, 0.25) is 5.91 Å². The van der Waals surface area contributed by atoms with Crippen LogP contribution in [0.1, 0.15) is 28.3 Å². The van der Waals surface area contributed by atoms with Gasteiger partial charge in [0.1, 0.15) is 0 Å². The molecule has 0 radical (unpaired) electrons. The molecule has 0 bridgehead atoms. The van der Waals surface area contributed by atoms with Crippen molar-refractivity contribution in [3.63, 3.8) is 0 Å². The van der Waals surface area contributed by atoms with Crippen molar-refractivity contribution in [3.05, 3.63) is 68.4 Å². The lowest BCUT2D eigenvalue weighted by atomic mass is 9.93. The second-order valence-electron chi connectivity index (χ2n) is 5.45. The van der Waals surface area contributed by atoms with Gasteiger partial charge in [-0.05, 0) is 23.9 Å². The van der Waals surface area contributed by atoms with Gasteiger partial charge < -0.3 is 5.32 Å². The SMILES string of the molecule is Cc1ccc(CSC2=C(C#N)[C@@H](c3cccs3)CC(=O)N2)cc1. The number of thioether (sulfide) groups is 1. The molecule has 3 rings (SSSR count). The lowest BCUT2D eigenvalue weighted by Crippen LogP contribution is -2.30. The number of allylic oxidation sites excluding steroid dienone is 1. The number of thiophene rings is 1. The van der Waals surface area contributed by atoms with Crippen LogP contribution in [0, 0.1) is 18.3 Å². The standard InChI is InChI=1S/C18H16N2OS2/c1-12-4-6-13(7-5-12)11-23-18-15(10-19)14(9-17(21)20-18)16-3-2-8-22-16/h2-8,14H,9,11H2,1H3,(H,20,21)/t14-/m0/s1. The normalized spacial score (nSPS) is 17.7. The minimum atomic E-state index is -0.116. The molecule has 1 atom stereocenters. The second kappa shape index (κ2) is 7.03. The third-order valence-electron chi connectivity index (χ3n) is 3.75. The molecule has 2 aromatic rings. The van der Waals surface area contributed by atoms with Crippen LogP contribution in [0.3, 0.4) is 0 Å². The summed E-state index contributed by atoms with van der Waals surface area (Å²) < 4.78 is 0. The van der Waals surface area contributed by atoms with Crippen LogP contribution in [0.25, 0.3) is 0 Å². The Balaban J connectivity index is 1.83. The Hall–Kier alpha value is -2.03. The molecule has 1 aliphatic rings. The van der Waals surface area contributed by atoms with Crippen LogP contribution in [0.15, 0.2) is 52.4 Å². The lowest BCUT2D eigenvalue weighted by molar-refractivity contribution is -0.120. The molecule has 5 heteroatoms. The molecule has 0 saturated heterocycles. The minimum absolute atomic E-state index is 0.0196. The van der Waals surface area contributed by atoms with E-state index < -0.39 is 0 Å². The number of rotatable bonds is 4. The third kappa shape index (κ3) is 3.66. The van der Waals surface area contributed by atoms with Gasteiger partial charge in [-0.3, -0.25) is 4.79 Å². The van der Waals surface area contributed by atoms with Crippen molar-refractivity contribution in [2.24, 2.45) is 0 Å². The summed E-state index contributed by atoms with van der Waals surface area (Å²) in [4.78, 5) is 13.1. The zero-order valence-electron chi connectivity index (χ0n) is 12.7. The van der Waals surface area contributed by atoms with Gasteiger partial charge in [-0.25, -0.2) is 0 Å². The highest BCUT2D eigenvalue weighted by atomic mass is 32.2. The minimum Gasteiger partial charge on any atom is -0.320 e. The molecular weight excluding hydrogens is 324 g/mol. The quantitative estimate of drug-likeness (QED) is 0.901. The molecule has 0 spiro atoms. The molecule has 23 heavy (non-hydrogen) atoms. The van der Waals surface area contributed by atoms with Gasteiger partial charge in [0.25, 0.3) is 0 Å². The number of nitriles is 1. The highest BCUT2D eigenvalue weighted by Crippen LogP contribution is 2.38. The van der Waals surface area contributed by atoms with E-state index in [0.29, 0.717) is 17.0 Å². The number of nitrogens with one attached hydrogen (secondary N) is 1. The van der Waals surface area contributed by atoms with E-state index in [4.69, 9.17) is 0 Å². The van der Waals surface area contributed by atoms with Gasteiger partial charge in [-0.1, -0.05) is 35.9 Å². The molecule has 0 aliphatic carbocycles. The zero-order valence-corrected chi connectivity index (χ0v) is 14.3. The summed E-state index contributed by atoms with van der Waals surface area (Å²) in [6.07, 6.45) is 0.345.